The van der Waals surface area contributed by atoms with Crippen molar-refractivity contribution in [2.75, 3.05) is 24.6 Å². The van der Waals surface area contributed by atoms with Gasteiger partial charge in [0.05, 0.1) is 37.1 Å². The van der Waals surface area contributed by atoms with Crippen molar-refractivity contribution in [2.24, 2.45) is 5.41 Å². The molecule has 136 valence electrons. The number of fused-ring (bicyclic) bond motifs is 1. The fraction of sp³-hybridized carbons (Fsp3) is 0.684. The molecule has 1 amide bonds. The first-order valence-corrected chi connectivity index (χ1v) is 9.31. The van der Waals surface area contributed by atoms with Gasteiger partial charge in [-0.2, -0.15) is 0 Å². The normalized spacial score (nSPS) is 27.2. The number of pyridine rings is 1. The summed E-state index contributed by atoms with van der Waals surface area (Å²) in [4.78, 5) is 18.5. The number of halogens is 1. The van der Waals surface area contributed by atoms with Crippen LogP contribution in [0.3, 0.4) is 0 Å². The number of nitrogens with one attached hydrogen (secondary N) is 1. The van der Waals surface area contributed by atoms with Gasteiger partial charge in [0.1, 0.15) is 12.0 Å². The first-order chi connectivity index (χ1) is 12.0. The van der Waals surface area contributed by atoms with Gasteiger partial charge in [0, 0.05) is 6.54 Å². The molecule has 1 saturated carbocycles. The van der Waals surface area contributed by atoms with Crippen molar-refractivity contribution in [1.82, 2.24) is 10.3 Å². The molecule has 5 nitrogen and oxygen atoms in total. The average molecular weight is 347 g/mol. The smallest absolute Gasteiger partial charge is 0.253 e. The Morgan fingerprint density at radius 3 is 2.96 bits per heavy atom. The SMILES string of the molecule is CCc1cc2c(nc1N1CC[C@H](OCC3(C)CC3)[C@@H](F)C1)CNC2=O. The number of aromatic nitrogens is 1. The lowest BCUT2D eigenvalue weighted by Crippen LogP contribution is -2.47. The van der Waals surface area contributed by atoms with Crippen LogP contribution >= 0.6 is 0 Å². The minimum atomic E-state index is -1.00. The van der Waals surface area contributed by atoms with Crippen LogP contribution in [0.5, 0.6) is 0 Å². The van der Waals surface area contributed by atoms with Gasteiger partial charge >= 0.3 is 0 Å². The maximum Gasteiger partial charge on any atom is 0.253 e. The van der Waals surface area contributed by atoms with Gasteiger partial charge in [-0.1, -0.05) is 13.8 Å². The summed E-state index contributed by atoms with van der Waals surface area (Å²) in [7, 11) is 0. The number of carbonyl (C=O) groups is 1. The molecule has 1 aliphatic carbocycles. The Kier molecular flexibility index (Phi) is 4.18. The average Bonchev–Trinajstić information content (AvgIpc) is 3.24. The quantitative estimate of drug-likeness (QED) is 0.890. The Labute approximate surface area is 147 Å². The van der Waals surface area contributed by atoms with Crippen LogP contribution in [0.4, 0.5) is 10.2 Å². The van der Waals surface area contributed by atoms with Crippen LogP contribution in [-0.4, -0.2) is 42.9 Å². The van der Waals surface area contributed by atoms with E-state index in [1.807, 2.05) is 17.9 Å². The summed E-state index contributed by atoms with van der Waals surface area (Å²) < 4.78 is 20.6. The van der Waals surface area contributed by atoms with Crippen molar-refractivity contribution in [2.45, 2.75) is 58.4 Å². The summed E-state index contributed by atoms with van der Waals surface area (Å²) in [6, 6.07) is 1.92. The molecule has 2 aliphatic heterocycles. The van der Waals surface area contributed by atoms with E-state index in [-0.39, 0.29) is 17.4 Å². The molecule has 2 fully saturated rings. The van der Waals surface area contributed by atoms with Crippen LogP contribution < -0.4 is 10.2 Å². The molecule has 3 heterocycles. The molecular weight excluding hydrogens is 321 g/mol. The summed E-state index contributed by atoms with van der Waals surface area (Å²) in [6.45, 7) is 6.42. The number of anilines is 1. The number of carbonyl (C=O) groups excluding carboxylic acids is 1. The van der Waals surface area contributed by atoms with E-state index in [2.05, 4.69) is 17.2 Å². The topological polar surface area (TPSA) is 54.5 Å². The second kappa shape index (κ2) is 6.24. The number of alkyl halides is 1. The standard InChI is InChI=1S/C19H26FN3O2/c1-3-12-8-13-15(9-21-18(13)24)22-17(12)23-7-4-16(14(20)10-23)25-11-19(2)5-6-19/h8,14,16H,3-7,9-11H2,1-2H3,(H,21,24)/t14-,16-/m0/s1. The highest BCUT2D eigenvalue weighted by Crippen LogP contribution is 2.45. The third-order valence-corrected chi connectivity index (χ3v) is 5.73. The number of ether oxygens (including phenoxy) is 1. The third kappa shape index (κ3) is 3.24. The largest absolute Gasteiger partial charge is 0.374 e. The number of piperidine rings is 1. The number of amides is 1. The van der Waals surface area contributed by atoms with Crippen LogP contribution in [0.25, 0.3) is 0 Å². The van der Waals surface area contributed by atoms with Crippen molar-refractivity contribution < 1.29 is 13.9 Å². The van der Waals surface area contributed by atoms with Crippen LogP contribution in [0, 0.1) is 5.41 Å². The fourth-order valence-electron chi connectivity index (χ4n) is 3.64. The zero-order valence-corrected chi connectivity index (χ0v) is 15.0. The Morgan fingerprint density at radius 2 is 2.28 bits per heavy atom. The summed E-state index contributed by atoms with van der Waals surface area (Å²) in [5.41, 5.74) is 2.72. The molecule has 3 aliphatic rings. The van der Waals surface area contributed by atoms with Gasteiger partial charge in [-0.15, -0.1) is 0 Å². The van der Waals surface area contributed by atoms with Gasteiger partial charge < -0.3 is 15.0 Å². The lowest BCUT2D eigenvalue weighted by molar-refractivity contribution is -0.0302. The zero-order valence-electron chi connectivity index (χ0n) is 15.0. The molecule has 25 heavy (non-hydrogen) atoms. The number of hydrogen-bond acceptors (Lipinski definition) is 4. The van der Waals surface area contributed by atoms with Crippen molar-refractivity contribution in [3.63, 3.8) is 0 Å². The maximum absolute atomic E-state index is 14.7. The first-order valence-electron chi connectivity index (χ1n) is 9.31. The second-order valence-corrected chi connectivity index (χ2v) is 7.91. The monoisotopic (exact) mass is 347 g/mol. The predicted octanol–water partition coefficient (Wildman–Crippen LogP) is 2.62. The molecule has 6 heteroatoms. The highest BCUT2D eigenvalue weighted by Gasteiger charge is 2.40. The van der Waals surface area contributed by atoms with E-state index in [0.717, 1.165) is 30.0 Å². The highest BCUT2D eigenvalue weighted by molar-refractivity contribution is 5.98. The molecule has 1 aromatic heterocycles. The summed E-state index contributed by atoms with van der Waals surface area (Å²) in [6.07, 6.45) is 2.51. The number of aryl methyl sites for hydroxylation is 1. The van der Waals surface area contributed by atoms with Gasteiger partial charge in [-0.25, -0.2) is 9.37 Å². The molecular formula is C19H26FN3O2. The van der Waals surface area contributed by atoms with Gasteiger partial charge in [0.2, 0.25) is 0 Å². The van der Waals surface area contributed by atoms with Crippen molar-refractivity contribution >= 4 is 11.7 Å². The van der Waals surface area contributed by atoms with E-state index in [1.165, 1.54) is 12.8 Å². The Hall–Kier alpha value is -1.69. The summed E-state index contributed by atoms with van der Waals surface area (Å²) in [5.74, 6) is 0.765. The minimum Gasteiger partial charge on any atom is -0.374 e. The maximum atomic E-state index is 14.7. The van der Waals surface area contributed by atoms with Gasteiger partial charge in [0.25, 0.3) is 5.91 Å². The Balaban J connectivity index is 1.47. The third-order valence-electron chi connectivity index (χ3n) is 5.73. The van der Waals surface area contributed by atoms with Gasteiger partial charge in [-0.3, -0.25) is 4.79 Å². The van der Waals surface area contributed by atoms with Crippen LogP contribution in [-0.2, 0) is 17.7 Å². The van der Waals surface area contributed by atoms with E-state index in [0.29, 0.717) is 31.7 Å². The van der Waals surface area contributed by atoms with E-state index in [4.69, 9.17) is 4.74 Å². The molecule has 0 unspecified atom stereocenters. The molecule has 2 atom stereocenters. The zero-order chi connectivity index (χ0) is 17.6. The van der Waals surface area contributed by atoms with Crippen LogP contribution in [0.2, 0.25) is 0 Å². The van der Waals surface area contributed by atoms with E-state index < -0.39 is 6.17 Å². The Morgan fingerprint density at radius 1 is 1.48 bits per heavy atom. The minimum absolute atomic E-state index is 0.0622. The molecule has 0 radical (unpaired) electrons. The van der Waals surface area contributed by atoms with Crippen LogP contribution in [0.1, 0.15) is 54.7 Å². The molecule has 1 saturated heterocycles. The van der Waals surface area contributed by atoms with E-state index >= 15 is 0 Å². The molecule has 1 aromatic rings. The second-order valence-electron chi connectivity index (χ2n) is 7.91. The highest BCUT2D eigenvalue weighted by atomic mass is 19.1. The molecule has 1 N–H and O–H groups in total. The molecule has 4 rings (SSSR count). The predicted molar refractivity (Wildman–Crippen MR) is 93.6 cm³/mol. The molecule has 0 bridgehead atoms. The fourth-order valence-corrected chi connectivity index (χ4v) is 3.64. The van der Waals surface area contributed by atoms with Crippen molar-refractivity contribution in [3.05, 3.63) is 22.9 Å². The first kappa shape index (κ1) is 16.8. The summed E-state index contributed by atoms with van der Waals surface area (Å²) >= 11 is 0. The van der Waals surface area contributed by atoms with Gasteiger partial charge in [0.15, 0.2) is 0 Å². The molecule has 0 spiro atoms. The molecule has 0 aromatic carbocycles. The Bertz CT molecular complexity index is 689. The summed E-state index contributed by atoms with van der Waals surface area (Å²) in [5, 5.41) is 2.80. The van der Waals surface area contributed by atoms with E-state index in [9.17, 15) is 9.18 Å². The van der Waals surface area contributed by atoms with Crippen molar-refractivity contribution in [1.29, 1.82) is 0 Å². The number of nitrogens with zero attached hydrogens (tertiary/aromatic N) is 2. The number of rotatable bonds is 5. The van der Waals surface area contributed by atoms with E-state index in [1.54, 1.807) is 0 Å². The lowest BCUT2D eigenvalue weighted by Gasteiger charge is -2.36. The van der Waals surface area contributed by atoms with Gasteiger partial charge in [-0.05, 0) is 42.7 Å². The lowest BCUT2D eigenvalue weighted by atomic mass is 10.0. The van der Waals surface area contributed by atoms with Crippen LogP contribution in [0.15, 0.2) is 6.07 Å². The van der Waals surface area contributed by atoms with Crippen molar-refractivity contribution in [3.8, 4) is 0 Å². The number of hydrogen-bond donors (Lipinski definition) is 1.